The Morgan fingerprint density at radius 2 is 2.27 bits per heavy atom. The molecule has 0 radical (unpaired) electrons. The van der Waals surface area contributed by atoms with Crippen molar-refractivity contribution in [2.24, 2.45) is 0 Å². The summed E-state index contributed by atoms with van der Waals surface area (Å²) in [6.07, 6.45) is 6.76. The first kappa shape index (κ1) is 14.4. The Balaban J connectivity index is 1.95. The number of amides is 2. The Morgan fingerprint density at radius 3 is 3.00 bits per heavy atom. The number of benzene rings is 1. The molecule has 0 unspecified atom stereocenters. The summed E-state index contributed by atoms with van der Waals surface area (Å²) in [6.45, 7) is 0.0836. The van der Waals surface area contributed by atoms with E-state index in [0.717, 1.165) is 16.7 Å². The van der Waals surface area contributed by atoms with Crippen LogP contribution in [-0.2, 0) is 4.79 Å². The summed E-state index contributed by atoms with van der Waals surface area (Å²) in [5.41, 5.74) is 0.673. The van der Waals surface area contributed by atoms with Crippen molar-refractivity contribution in [3.63, 3.8) is 0 Å². The first-order chi connectivity index (χ1) is 10.6. The number of hydrogen-bond donors (Lipinski definition) is 0. The maximum absolute atomic E-state index is 12.1. The van der Waals surface area contributed by atoms with E-state index in [1.165, 1.54) is 7.11 Å². The number of hydrogen-bond acceptors (Lipinski definition) is 6. The molecule has 2 heterocycles. The van der Waals surface area contributed by atoms with Crippen LogP contribution in [-0.4, -0.2) is 36.5 Å². The van der Waals surface area contributed by atoms with Crippen LogP contribution in [0.15, 0.2) is 17.0 Å². The van der Waals surface area contributed by atoms with Crippen LogP contribution in [0.4, 0.5) is 4.79 Å². The molecule has 0 N–H and O–H groups in total. The van der Waals surface area contributed by atoms with Crippen molar-refractivity contribution >= 4 is 29.0 Å². The molecule has 0 bridgehead atoms. The minimum absolute atomic E-state index is 0.0353. The Hall–Kier alpha value is -2.59. The summed E-state index contributed by atoms with van der Waals surface area (Å²) in [5, 5.41) is -0.373. The van der Waals surface area contributed by atoms with Crippen molar-refractivity contribution in [3.05, 3.63) is 22.6 Å². The third-order valence-corrected chi connectivity index (χ3v) is 4.01. The largest absolute Gasteiger partial charge is 0.493 e. The Kier molecular flexibility index (Phi) is 3.69. The van der Waals surface area contributed by atoms with Gasteiger partial charge in [0.2, 0.25) is 12.5 Å². The van der Waals surface area contributed by atoms with Gasteiger partial charge < -0.3 is 14.2 Å². The zero-order valence-electron chi connectivity index (χ0n) is 11.6. The summed E-state index contributed by atoms with van der Waals surface area (Å²) in [7, 11) is 1.52. The molecule has 3 rings (SSSR count). The SMILES string of the molecule is C#CCN1C(=O)S/C(=C\c2cc(OC)c3c(c2)OCO3)C1=O. The number of thioether (sulfide) groups is 1. The standard InChI is InChI=1S/C15H11NO5S/c1-3-4-16-14(17)12(22-15(16)18)7-9-5-10(19-2)13-11(6-9)20-8-21-13/h1,5-7H,4,8H2,2H3/b12-7-. The summed E-state index contributed by atoms with van der Waals surface area (Å²) < 4.78 is 15.9. The molecular formula is C15H11NO5S. The van der Waals surface area contributed by atoms with Crippen LogP contribution < -0.4 is 14.2 Å². The highest BCUT2D eigenvalue weighted by molar-refractivity contribution is 8.18. The van der Waals surface area contributed by atoms with E-state index < -0.39 is 5.91 Å². The van der Waals surface area contributed by atoms with Gasteiger partial charge in [-0.25, -0.2) is 0 Å². The molecule has 2 amide bonds. The lowest BCUT2D eigenvalue weighted by Gasteiger charge is -2.07. The topological polar surface area (TPSA) is 65.1 Å². The third-order valence-electron chi connectivity index (χ3n) is 3.10. The second-order valence-electron chi connectivity index (χ2n) is 4.43. The zero-order valence-corrected chi connectivity index (χ0v) is 12.4. The van der Waals surface area contributed by atoms with Gasteiger partial charge in [0, 0.05) is 0 Å². The second-order valence-corrected chi connectivity index (χ2v) is 5.42. The number of fused-ring (bicyclic) bond motifs is 1. The monoisotopic (exact) mass is 317 g/mol. The van der Waals surface area contributed by atoms with Crippen LogP contribution in [0.1, 0.15) is 5.56 Å². The Bertz CT molecular complexity index is 734. The number of carbonyl (C=O) groups excluding carboxylic acids is 2. The van der Waals surface area contributed by atoms with Crippen LogP contribution in [0.2, 0.25) is 0 Å². The number of methoxy groups -OCH3 is 1. The molecular weight excluding hydrogens is 306 g/mol. The fourth-order valence-electron chi connectivity index (χ4n) is 2.11. The van der Waals surface area contributed by atoms with Gasteiger partial charge >= 0.3 is 0 Å². The highest BCUT2D eigenvalue weighted by Crippen LogP contribution is 2.43. The molecule has 0 aromatic heterocycles. The van der Waals surface area contributed by atoms with E-state index in [1.54, 1.807) is 18.2 Å². The number of nitrogens with zero attached hydrogens (tertiary/aromatic N) is 1. The van der Waals surface area contributed by atoms with E-state index >= 15 is 0 Å². The van der Waals surface area contributed by atoms with E-state index in [-0.39, 0.29) is 18.6 Å². The average molecular weight is 317 g/mol. The second kappa shape index (κ2) is 5.66. The van der Waals surface area contributed by atoms with Crippen molar-refractivity contribution < 1.29 is 23.8 Å². The predicted molar refractivity (Wildman–Crippen MR) is 80.6 cm³/mol. The van der Waals surface area contributed by atoms with Gasteiger partial charge in [0.15, 0.2) is 11.5 Å². The molecule has 7 heteroatoms. The molecule has 112 valence electrons. The van der Waals surface area contributed by atoms with Gasteiger partial charge in [-0.2, -0.15) is 0 Å². The quantitative estimate of drug-likeness (QED) is 0.628. The molecule has 0 atom stereocenters. The minimum atomic E-state index is -0.399. The van der Waals surface area contributed by atoms with Gasteiger partial charge in [-0.15, -0.1) is 6.42 Å². The first-order valence-electron chi connectivity index (χ1n) is 6.30. The van der Waals surface area contributed by atoms with Crippen LogP contribution in [0.5, 0.6) is 17.2 Å². The van der Waals surface area contributed by atoms with Crippen molar-refractivity contribution in [2.45, 2.75) is 0 Å². The zero-order chi connectivity index (χ0) is 15.7. The molecule has 1 aromatic rings. The molecule has 22 heavy (non-hydrogen) atoms. The van der Waals surface area contributed by atoms with Crippen molar-refractivity contribution in [3.8, 4) is 29.6 Å². The molecule has 0 saturated carbocycles. The lowest BCUT2D eigenvalue weighted by atomic mass is 10.1. The Morgan fingerprint density at radius 1 is 1.45 bits per heavy atom. The van der Waals surface area contributed by atoms with Gasteiger partial charge in [0.1, 0.15) is 0 Å². The predicted octanol–water partition coefficient (Wildman–Crippen LogP) is 2.09. The van der Waals surface area contributed by atoms with Gasteiger partial charge in [-0.05, 0) is 35.5 Å². The lowest BCUT2D eigenvalue weighted by molar-refractivity contribution is -0.122. The van der Waals surface area contributed by atoms with Gasteiger partial charge in [0.25, 0.3) is 11.1 Å². The van der Waals surface area contributed by atoms with E-state index in [1.807, 2.05) is 0 Å². The normalized spacial score (nSPS) is 18.0. The highest BCUT2D eigenvalue weighted by atomic mass is 32.2. The molecule has 1 fully saturated rings. The number of ether oxygens (including phenoxy) is 3. The van der Waals surface area contributed by atoms with Crippen molar-refractivity contribution in [2.75, 3.05) is 20.4 Å². The molecule has 0 spiro atoms. The van der Waals surface area contributed by atoms with Crippen LogP contribution in [0.3, 0.4) is 0 Å². The maximum Gasteiger partial charge on any atom is 0.294 e. The average Bonchev–Trinajstić information content (AvgIpc) is 3.07. The van der Waals surface area contributed by atoms with Gasteiger partial charge in [-0.3, -0.25) is 14.5 Å². The highest BCUT2D eigenvalue weighted by Gasteiger charge is 2.34. The number of terminal acetylenes is 1. The van der Waals surface area contributed by atoms with Crippen LogP contribution in [0.25, 0.3) is 6.08 Å². The van der Waals surface area contributed by atoms with Crippen molar-refractivity contribution in [1.82, 2.24) is 4.90 Å². The summed E-state index contributed by atoms with van der Waals surface area (Å²) >= 11 is 0.853. The first-order valence-corrected chi connectivity index (χ1v) is 7.12. The van der Waals surface area contributed by atoms with Gasteiger partial charge in [-0.1, -0.05) is 5.92 Å². The molecule has 0 aliphatic carbocycles. The number of imide groups is 1. The smallest absolute Gasteiger partial charge is 0.294 e. The molecule has 1 aromatic carbocycles. The summed E-state index contributed by atoms with van der Waals surface area (Å²) in [5.74, 6) is 3.46. The molecule has 1 saturated heterocycles. The van der Waals surface area contributed by atoms with E-state index in [2.05, 4.69) is 5.92 Å². The van der Waals surface area contributed by atoms with E-state index in [0.29, 0.717) is 27.7 Å². The van der Waals surface area contributed by atoms with E-state index in [9.17, 15) is 9.59 Å². The summed E-state index contributed by atoms with van der Waals surface area (Å²) in [4.78, 5) is 25.2. The fourth-order valence-corrected chi connectivity index (χ4v) is 2.95. The number of rotatable bonds is 3. The maximum atomic E-state index is 12.1. The van der Waals surface area contributed by atoms with Crippen LogP contribution >= 0.6 is 11.8 Å². The molecule has 2 aliphatic rings. The number of carbonyl (C=O) groups is 2. The van der Waals surface area contributed by atoms with Gasteiger partial charge in [0.05, 0.1) is 18.6 Å². The fraction of sp³-hybridized carbons (Fsp3) is 0.200. The minimum Gasteiger partial charge on any atom is -0.493 e. The molecule has 6 nitrogen and oxygen atoms in total. The molecule has 2 aliphatic heterocycles. The third kappa shape index (κ3) is 2.38. The lowest BCUT2D eigenvalue weighted by Crippen LogP contribution is -2.28. The van der Waals surface area contributed by atoms with E-state index in [4.69, 9.17) is 20.6 Å². The van der Waals surface area contributed by atoms with Crippen molar-refractivity contribution in [1.29, 1.82) is 0 Å². The Labute approximate surface area is 131 Å². The van der Waals surface area contributed by atoms with Crippen LogP contribution in [0, 0.1) is 12.3 Å². The summed E-state index contributed by atoms with van der Waals surface area (Å²) in [6, 6.07) is 3.43.